The second kappa shape index (κ2) is 12.2. The van der Waals surface area contributed by atoms with Gasteiger partial charge in [-0.05, 0) is 51.1 Å². The molecule has 1 aliphatic rings. The van der Waals surface area contributed by atoms with E-state index in [-0.39, 0.29) is 53.5 Å². The number of amides is 3. The zero-order chi connectivity index (χ0) is 29.9. The van der Waals surface area contributed by atoms with Crippen molar-refractivity contribution in [2.45, 2.75) is 44.7 Å². The molecule has 0 saturated carbocycles. The zero-order valence-electron chi connectivity index (χ0n) is 23.6. The molecule has 0 bridgehead atoms. The van der Waals surface area contributed by atoms with Gasteiger partial charge in [0.2, 0.25) is 0 Å². The number of ether oxygens (including phenoxy) is 1. The summed E-state index contributed by atoms with van der Waals surface area (Å²) in [6.45, 7) is 7.21. The van der Waals surface area contributed by atoms with E-state index >= 15 is 0 Å². The van der Waals surface area contributed by atoms with Crippen LogP contribution in [0.2, 0.25) is 0 Å². The number of benzene rings is 2. The number of carbonyl (C=O) groups is 2. The molecule has 220 valence electrons. The molecule has 3 amide bonds. The summed E-state index contributed by atoms with van der Waals surface area (Å²) in [5, 5.41) is 16.6. The Hall–Kier alpha value is -4.10. The predicted octanol–water partition coefficient (Wildman–Crippen LogP) is 3.48. The molecule has 0 spiro atoms. The number of likely N-dealkylation sites (N-methyl/N-ethyl adjacent to an activating group) is 1. The Balaban J connectivity index is 1.62. The number of nitrogens with zero attached hydrogens (tertiary/aromatic N) is 3. The van der Waals surface area contributed by atoms with Crippen LogP contribution in [0, 0.1) is 19.8 Å². The minimum Gasteiger partial charge on any atom is -0.487 e. The molecule has 13 heteroatoms. The molecule has 12 nitrogen and oxygen atoms in total. The van der Waals surface area contributed by atoms with Crippen molar-refractivity contribution in [2.75, 3.05) is 36.8 Å². The SMILES string of the molecule is Cc1noc(C)c1NC(=O)N(C)C[C@H]1Oc2ccc(NS(=O)(=O)c3ccccc3)cc2C(=O)N([C@@H](C)CO)C[C@@H]1C. The first-order valence-electron chi connectivity index (χ1n) is 13.2. The maximum absolute atomic E-state index is 13.7. The van der Waals surface area contributed by atoms with Crippen molar-refractivity contribution in [1.82, 2.24) is 15.0 Å². The summed E-state index contributed by atoms with van der Waals surface area (Å²) in [5.74, 6) is 0.0901. The standard InChI is InChI=1S/C28H35N5O7S/c1-17-14-33(18(2)16-34)27(35)23-13-21(31-41(37,38)22-9-7-6-8-10-22)11-12-24(23)39-25(17)15-32(5)28(36)29-26-19(3)30-40-20(26)4/h6-13,17-18,25,31,34H,14-16H2,1-5H3,(H,29,36)/t17-,18-,25+/m0/s1. The van der Waals surface area contributed by atoms with Gasteiger partial charge >= 0.3 is 6.03 Å². The molecule has 2 heterocycles. The van der Waals surface area contributed by atoms with Gasteiger partial charge in [0.05, 0.1) is 29.7 Å². The Morgan fingerprint density at radius 2 is 1.93 bits per heavy atom. The summed E-state index contributed by atoms with van der Waals surface area (Å²) < 4.78 is 39.8. The third-order valence-electron chi connectivity index (χ3n) is 7.04. The van der Waals surface area contributed by atoms with Gasteiger partial charge < -0.3 is 29.5 Å². The molecule has 0 fully saturated rings. The summed E-state index contributed by atoms with van der Waals surface area (Å²) in [7, 11) is -2.27. The maximum atomic E-state index is 13.7. The van der Waals surface area contributed by atoms with E-state index in [1.807, 2.05) is 6.92 Å². The molecular weight excluding hydrogens is 550 g/mol. The number of anilines is 2. The van der Waals surface area contributed by atoms with Crippen LogP contribution in [0.5, 0.6) is 5.75 Å². The first-order valence-corrected chi connectivity index (χ1v) is 14.6. The molecular formula is C28H35N5O7S. The number of carbonyl (C=O) groups excluding carboxylic acids is 2. The molecule has 0 unspecified atom stereocenters. The van der Waals surface area contributed by atoms with Crippen molar-refractivity contribution < 1.29 is 32.4 Å². The normalized spacial score (nSPS) is 18.0. The molecule has 3 atom stereocenters. The van der Waals surface area contributed by atoms with Crippen molar-refractivity contribution in [3.8, 4) is 5.75 Å². The van der Waals surface area contributed by atoms with Gasteiger partial charge in [0.15, 0.2) is 5.76 Å². The van der Waals surface area contributed by atoms with Gasteiger partial charge in [-0.1, -0.05) is 30.3 Å². The van der Waals surface area contributed by atoms with E-state index in [0.29, 0.717) is 17.1 Å². The molecule has 41 heavy (non-hydrogen) atoms. The van der Waals surface area contributed by atoms with E-state index in [4.69, 9.17) is 9.26 Å². The number of sulfonamides is 1. The second-order valence-corrected chi connectivity index (χ2v) is 11.9. The number of aliphatic hydroxyl groups is 1. The van der Waals surface area contributed by atoms with Crippen molar-refractivity contribution in [3.05, 3.63) is 65.5 Å². The molecule has 0 radical (unpaired) electrons. The van der Waals surface area contributed by atoms with Gasteiger partial charge in [0.1, 0.15) is 23.2 Å². The number of hydrogen-bond acceptors (Lipinski definition) is 8. The second-order valence-electron chi connectivity index (χ2n) is 10.3. The number of hydrogen-bond donors (Lipinski definition) is 3. The van der Waals surface area contributed by atoms with E-state index in [9.17, 15) is 23.1 Å². The summed E-state index contributed by atoms with van der Waals surface area (Å²) in [4.78, 5) is 29.7. The van der Waals surface area contributed by atoms with Crippen molar-refractivity contribution in [2.24, 2.45) is 5.92 Å². The highest BCUT2D eigenvalue weighted by Gasteiger charge is 2.34. The Kier molecular flexibility index (Phi) is 8.88. The molecule has 0 saturated heterocycles. The Morgan fingerprint density at radius 3 is 2.56 bits per heavy atom. The highest BCUT2D eigenvalue weighted by molar-refractivity contribution is 7.92. The van der Waals surface area contributed by atoms with Gasteiger partial charge in [0.25, 0.3) is 15.9 Å². The lowest BCUT2D eigenvalue weighted by molar-refractivity contribution is 0.0371. The molecule has 2 aromatic carbocycles. The van der Waals surface area contributed by atoms with Crippen LogP contribution in [-0.4, -0.2) is 79.3 Å². The van der Waals surface area contributed by atoms with Crippen LogP contribution in [0.25, 0.3) is 0 Å². The molecule has 1 aromatic heterocycles. The number of aryl methyl sites for hydroxylation is 2. The fourth-order valence-corrected chi connectivity index (χ4v) is 5.60. The van der Waals surface area contributed by atoms with E-state index in [0.717, 1.165) is 0 Å². The average molecular weight is 586 g/mol. The lowest BCUT2D eigenvalue weighted by Gasteiger charge is -2.38. The Morgan fingerprint density at radius 1 is 1.22 bits per heavy atom. The summed E-state index contributed by atoms with van der Waals surface area (Å²) in [5.41, 5.74) is 1.37. The Labute approximate surface area is 239 Å². The van der Waals surface area contributed by atoms with Crippen LogP contribution in [0.3, 0.4) is 0 Å². The highest BCUT2D eigenvalue weighted by atomic mass is 32.2. The molecule has 3 aromatic rings. The largest absolute Gasteiger partial charge is 0.487 e. The fraction of sp³-hybridized carbons (Fsp3) is 0.393. The molecule has 4 rings (SSSR count). The van der Waals surface area contributed by atoms with E-state index in [1.165, 1.54) is 35.2 Å². The monoisotopic (exact) mass is 585 g/mol. The number of fused-ring (bicyclic) bond motifs is 1. The van der Waals surface area contributed by atoms with Gasteiger partial charge in [-0.3, -0.25) is 9.52 Å². The number of aliphatic hydroxyl groups excluding tert-OH is 1. The summed E-state index contributed by atoms with van der Waals surface area (Å²) in [6, 6.07) is 11.5. The van der Waals surface area contributed by atoms with E-state index < -0.39 is 28.1 Å². The molecule has 0 aliphatic carbocycles. The summed E-state index contributed by atoms with van der Waals surface area (Å²) >= 11 is 0. The molecule has 1 aliphatic heterocycles. The predicted molar refractivity (Wildman–Crippen MR) is 152 cm³/mol. The van der Waals surface area contributed by atoms with Gasteiger partial charge in [-0.2, -0.15) is 0 Å². The van der Waals surface area contributed by atoms with Crippen LogP contribution in [0.4, 0.5) is 16.2 Å². The van der Waals surface area contributed by atoms with Gasteiger partial charge in [0, 0.05) is 25.2 Å². The lowest BCUT2D eigenvalue weighted by Crippen LogP contribution is -2.50. The minimum absolute atomic E-state index is 0.0802. The third-order valence-corrected chi connectivity index (χ3v) is 8.43. The Bertz CT molecular complexity index is 1490. The number of aromatic nitrogens is 1. The lowest BCUT2D eigenvalue weighted by atomic mass is 9.99. The van der Waals surface area contributed by atoms with Crippen LogP contribution in [0.15, 0.2) is 57.9 Å². The smallest absolute Gasteiger partial charge is 0.321 e. The average Bonchev–Trinajstić information content (AvgIpc) is 3.27. The maximum Gasteiger partial charge on any atom is 0.321 e. The van der Waals surface area contributed by atoms with Gasteiger partial charge in [-0.25, -0.2) is 13.2 Å². The van der Waals surface area contributed by atoms with Crippen LogP contribution in [0.1, 0.15) is 35.7 Å². The topological polar surface area (TPSA) is 154 Å². The van der Waals surface area contributed by atoms with Crippen molar-refractivity contribution in [1.29, 1.82) is 0 Å². The van der Waals surface area contributed by atoms with Crippen molar-refractivity contribution >= 4 is 33.3 Å². The van der Waals surface area contributed by atoms with Crippen molar-refractivity contribution in [3.63, 3.8) is 0 Å². The highest BCUT2D eigenvalue weighted by Crippen LogP contribution is 2.31. The fourth-order valence-electron chi connectivity index (χ4n) is 4.53. The first kappa shape index (κ1) is 29.9. The summed E-state index contributed by atoms with van der Waals surface area (Å²) in [6.07, 6.45) is -0.539. The van der Waals surface area contributed by atoms with E-state index in [2.05, 4.69) is 15.2 Å². The quantitative estimate of drug-likeness (QED) is 0.363. The van der Waals surface area contributed by atoms with Gasteiger partial charge in [-0.15, -0.1) is 0 Å². The number of rotatable bonds is 8. The first-order chi connectivity index (χ1) is 19.4. The third kappa shape index (κ3) is 6.63. The number of urea groups is 1. The van der Waals surface area contributed by atoms with Crippen LogP contribution < -0.4 is 14.8 Å². The number of nitrogens with one attached hydrogen (secondary N) is 2. The van der Waals surface area contributed by atoms with Crippen LogP contribution in [-0.2, 0) is 10.0 Å². The zero-order valence-corrected chi connectivity index (χ0v) is 24.4. The van der Waals surface area contributed by atoms with Crippen LogP contribution >= 0.6 is 0 Å². The van der Waals surface area contributed by atoms with E-state index in [1.54, 1.807) is 50.9 Å². The molecule has 3 N–H and O–H groups in total. The minimum atomic E-state index is -3.90.